The largest absolute Gasteiger partial charge is 0.465 e. The summed E-state index contributed by atoms with van der Waals surface area (Å²) in [6, 6.07) is 1.47. The minimum Gasteiger partial charge on any atom is -0.465 e. The van der Waals surface area contributed by atoms with E-state index >= 15 is 0 Å². The van der Waals surface area contributed by atoms with E-state index in [0.29, 0.717) is 5.69 Å². The van der Waals surface area contributed by atoms with E-state index in [9.17, 15) is 4.79 Å². The molecule has 0 radical (unpaired) electrons. The number of hydrogen-bond acceptors (Lipinski definition) is 5. The Morgan fingerprint density at radius 1 is 1.78 bits per heavy atom. The molecule has 1 aromatic heterocycles. The van der Waals surface area contributed by atoms with Gasteiger partial charge in [-0.1, -0.05) is 11.6 Å². The summed E-state index contributed by atoms with van der Waals surface area (Å²) in [5.41, 5.74) is 0.530. The van der Waals surface area contributed by atoms with Crippen molar-refractivity contribution < 1.29 is 14.6 Å². The van der Waals surface area contributed by atoms with E-state index in [1.165, 1.54) is 6.20 Å². The van der Waals surface area contributed by atoms with Gasteiger partial charge in [0.2, 0.25) is 0 Å². The van der Waals surface area contributed by atoms with Gasteiger partial charge in [-0.15, -0.1) is 0 Å². The van der Waals surface area contributed by atoms with Crippen molar-refractivity contribution in [3.05, 3.63) is 22.7 Å². The van der Waals surface area contributed by atoms with Crippen LogP contribution in [0.3, 0.4) is 0 Å². The number of hydrogen-bond donors (Lipinski definition) is 2. The van der Waals surface area contributed by atoms with Crippen LogP contribution >= 0.6 is 11.6 Å². The van der Waals surface area contributed by atoms with Crippen LogP contribution in [0, 0.1) is 11.3 Å². The molecule has 0 aliphatic rings. The number of nitrogens with zero attached hydrogens (tertiary/aromatic N) is 3. The Hall–Kier alpha value is -1.91. The quantitative estimate of drug-likeness (QED) is 0.831. The van der Waals surface area contributed by atoms with Crippen molar-refractivity contribution in [1.29, 1.82) is 5.26 Å². The number of carbonyl (C=O) groups is 1. The molecule has 2 N–H and O–H groups in total. The highest BCUT2D eigenvalue weighted by molar-refractivity contribution is 6.30. The zero-order valence-corrected chi connectivity index (χ0v) is 10.3. The molecule has 1 rings (SSSR count). The smallest absolute Gasteiger partial charge is 0.404 e. The summed E-state index contributed by atoms with van der Waals surface area (Å²) in [7, 11) is 0. The van der Waals surface area contributed by atoms with Crippen molar-refractivity contribution in [2.24, 2.45) is 0 Å². The first-order valence-corrected chi connectivity index (χ1v) is 5.39. The van der Waals surface area contributed by atoms with E-state index in [-0.39, 0.29) is 30.1 Å². The summed E-state index contributed by atoms with van der Waals surface area (Å²) >= 11 is 5.70. The lowest BCUT2D eigenvalue weighted by atomic mass is 10.4. The summed E-state index contributed by atoms with van der Waals surface area (Å²) in [4.78, 5) is 18.0. The van der Waals surface area contributed by atoms with Crippen molar-refractivity contribution in [1.82, 2.24) is 15.3 Å². The van der Waals surface area contributed by atoms with Crippen molar-refractivity contribution >= 4 is 17.7 Å². The van der Waals surface area contributed by atoms with Crippen LogP contribution < -0.4 is 5.32 Å². The summed E-state index contributed by atoms with van der Waals surface area (Å²) < 4.78 is 5.24. The summed E-state index contributed by atoms with van der Waals surface area (Å²) in [6.07, 6.45) is 0.284. The molecule has 1 unspecified atom stereocenters. The van der Waals surface area contributed by atoms with E-state index in [1.807, 2.05) is 0 Å². The van der Waals surface area contributed by atoms with Gasteiger partial charge in [0, 0.05) is 0 Å². The number of halogens is 1. The third kappa shape index (κ3) is 4.53. The van der Waals surface area contributed by atoms with Gasteiger partial charge in [-0.2, -0.15) is 5.26 Å². The first kappa shape index (κ1) is 14.2. The fourth-order valence-corrected chi connectivity index (χ4v) is 1.34. The molecular formula is C10H11ClN4O3. The van der Waals surface area contributed by atoms with Crippen LogP contribution in [0.25, 0.3) is 0 Å². The van der Waals surface area contributed by atoms with Crippen molar-refractivity contribution in [3.63, 3.8) is 0 Å². The molecule has 0 fully saturated rings. The van der Waals surface area contributed by atoms with Crippen LogP contribution in [0.5, 0.6) is 0 Å². The van der Waals surface area contributed by atoms with Crippen LogP contribution in [-0.4, -0.2) is 33.8 Å². The van der Waals surface area contributed by atoms with Gasteiger partial charge < -0.3 is 15.2 Å². The first-order valence-electron chi connectivity index (χ1n) is 5.01. The zero-order valence-electron chi connectivity index (χ0n) is 9.55. The number of rotatable bonds is 5. The molecule has 1 heterocycles. The minimum absolute atomic E-state index is 0.0234. The summed E-state index contributed by atoms with van der Waals surface area (Å²) in [6.45, 7) is 2.02. The molecule has 8 heteroatoms. The highest BCUT2D eigenvalue weighted by atomic mass is 35.5. The van der Waals surface area contributed by atoms with Gasteiger partial charge in [-0.3, -0.25) is 0 Å². The molecule has 0 bridgehead atoms. The van der Waals surface area contributed by atoms with Gasteiger partial charge in [-0.05, 0) is 6.92 Å². The Morgan fingerprint density at radius 3 is 3.06 bits per heavy atom. The average molecular weight is 271 g/mol. The monoisotopic (exact) mass is 270 g/mol. The fourth-order valence-electron chi connectivity index (χ4n) is 1.14. The standard InChI is InChI=1S/C10H11ClN4O3/c1-6(14-10(16)17)4-18-5-7-3-13-8(2-12)9(11)15-7/h3,6,14H,4-5H2,1H3,(H,16,17). The van der Waals surface area contributed by atoms with Crippen LogP contribution in [0.4, 0.5) is 4.79 Å². The third-order valence-electron chi connectivity index (χ3n) is 1.87. The van der Waals surface area contributed by atoms with Crippen molar-refractivity contribution in [2.45, 2.75) is 19.6 Å². The van der Waals surface area contributed by atoms with Crippen LogP contribution in [-0.2, 0) is 11.3 Å². The molecule has 1 amide bonds. The van der Waals surface area contributed by atoms with Gasteiger partial charge in [0.05, 0.1) is 31.1 Å². The first-order chi connectivity index (χ1) is 8.52. The van der Waals surface area contributed by atoms with Gasteiger partial charge in [0.25, 0.3) is 0 Å². The molecule has 18 heavy (non-hydrogen) atoms. The maximum absolute atomic E-state index is 10.3. The molecule has 0 aliphatic heterocycles. The van der Waals surface area contributed by atoms with E-state index in [4.69, 9.17) is 26.7 Å². The predicted octanol–water partition coefficient (Wildman–Crippen LogP) is 1.17. The second-order valence-electron chi connectivity index (χ2n) is 3.48. The van der Waals surface area contributed by atoms with E-state index < -0.39 is 6.09 Å². The number of nitrogens with one attached hydrogen (secondary N) is 1. The van der Waals surface area contributed by atoms with Gasteiger partial charge >= 0.3 is 6.09 Å². The van der Waals surface area contributed by atoms with E-state index in [0.717, 1.165) is 0 Å². The van der Waals surface area contributed by atoms with Crippen molar-refractivity contribution in [2.75, 3.05) is 6.61 Å². The Morgan fingerprint density at radius 2 is 2.50 bits per heavy atom. The minimum atomic E-state index is -1.10. The molecule has 1 aromatic rings. The maximum Gasteiger partial charge on any atom is 0.404 e. The molecule has 0 aromatic carbocycles. The Kier molecular flexibility index (Phi) is 5.30. The van der Waals surface area contributed by atoms with Crippen LogP contribution in [0.15, 0.2) is 6.20 Å². The van der Waals surface area contributed by atoms with Crippen LogP contribution in [0.1, 0.15) is 18.3 Å². The highest BCUT2D eigenvalue weighted by Crippen LogP contribution is 2.09. The van der Waals surface area contributed by atoms with Gasteiger partial charge in [0.15, 0.2) is 10.8 Å². The molecule has 7 nitrogen and oxygen atoms in total. The van der Waals surface area contributed by atoms with E-state index in [2.05, 4.69) is 15.3 Å². The summed E-state index contributed by atoms with van der Waals surface area (Å²) in [5.74, 6) is 0. The number of carboxylic acid groups (broad SMARTS) is 1. The highest BCUT2D eigenvalue weighted by Gasteiger charge is 2.07. The van der Waals surface area contributed by atoms with Gasteiger partial charge in [0.1, 0.15) is 6.07 Å². The van der Waals surface area contributed by atoms with Gasteiger partial charge in [-0.25, -0.2) is 14.8 Å². The normalized spacial score (nSPS) is 11.6. The van der Waals surface area contributed by atoms with E-state index in [1.54, 1.807) is 13.0 Å². The summed E-state index contributed by atoms with van der Waals surface area (Å²) in [5, 5.41) is 19.3. The Balaban J connectivity index is 2.43. The third-order valence-corrected chi connectivity index (χ3v) is 2.14. The number of nitriles is 1. The maximum atomic E-state index is 10.3. The lowest BCUT2D eigenvalue weighted by molar-refractivity contribution is 0.0982. The molecule has 0 spiro atoms. The van der Waals surface area contributed by atoms with Crippen LogP contribution in [0.2, 0.25) is 5.15 Å². The molecule has 0 saturated carbocycles. The SMILES string of the molecule is CC(COCc1cnc(C#N)c(Cl)n1)NC(=O)O. The lowest BCUT2D eigenvalue weighted by Gasteiger charge is -2.11. The molecule has 0 aliphatic carbocycles. The number of ether oxygens (including phenoxy) is 1. The molecule has 1 atom stereocenters. The Labute approximate surface area is 108 Å². The second kappa shape index (κ2) is 6.74. The zero-order chi connectivity index (χ0) is 13.5. The average Bonchev–Trinajstić information content (AvgIpc) is 2.28. The molecule has 0 saturated heterocycles. The number of amides is 1. The molecule has 96 valence electrons. The fraction of sp³-hybridized carbons (Fsp3) is 0.400. The lowest BCUT2D eigenvalue weighted by Crippen LogP contribution is -2.34. The van der Waals surface area contributed by atoms with Crippen molar-refractivity contribution in [3.8, 4) is 6.07 Å². The number of aromatic nitrogens is 2. The topological polar surface area (TPSA) is 108 Å². The predicted molar refractivity (Wildman–Crippen MR) is 62.0 cm³/mol. The second-order valence-corrected chi connectivity index (χ2v) is 3.84. The Bertz CT molecular complexity index is 475. The molecular weight excluding hydrogens is 260 g/mol.